The molecule has 0 bridgehead atoms. The minimum atomic E-state index is -0.0270. The number of nitrogens with one attached hydrogen (secondary N) is 1. The number of nitrogens with zero attached hydrogens (tertiary/aromatic N) is 3. The molecule has 1 unspecified atom stereocenters. The second-order valence-electron chi connectivity index (χ2n) is 8.87. The van der Waals surface area contributed by atoms with Gasteiger partial charge in [0.25, 0.3) is 5.91 Å². The molecule has 4 heterocycles. The number of aromatic nitrogens is 2. The van der Waals surface area contributed by atoms with Crippen LogP contribution < -0.4 is 5.32 Å². The predicted molar refractivity (Wildman–Crippen MR) is 124 cm³/mol. The summed E-state index contributed by atoms with van der Waals surface area (Å²) in [4.78, 5) is 19.3. The number of piperidine rings is 1. The molecule has 1 spiro atoms. The first-order valence-corrected chi connectivity index (χ1v) is 11.5. The first-order chi connectivity index (χ1) is 15.7. The Morgan fingerprint density at radius 3 is 2.62 bits per heavy atom. The molecule has 2 aromatic heterocycles. The van der Waals surface area contributed by atoms with Gasteiger partial charge in [-0.2, -0.15) is 0 Å². The Labute approximate surface area is 189 Å². The molecule has 32 heavy (non-hydrogen) atoms. The topological polar surface area (TPSA) is 59.4 Å². The number of benzene rings is 1. The van der Waals surface area contributed by atoms with Gasteiger partial charge in [0.1, 0.15) is 5.82 Å². The third-order valence-corrected chi connectivity index (χ3v) is 6.75. The van der Waals surface area contributed by atoms with Crippen LogP contribution in [0.4, 0.5) is 0 Å². The third kappa shape index (κ3) is 4.61. The quantitative estimate of drug-likeness (QED) is 0.646. The van der Waals surface area contributed by atoms with Crippen molar-refractivity contribution < 1.29 is 9.53 Å². The smallest absolute Gasteiger partial charge is 0.251 e. The van der Waals surface area contributed by atoms with E-state index in [-0.39, 0.29) is 17.6 Å². The van der Waals surface area contributed by atoms with Gasteiger partial charge in [-0.1, -0.05) is 24.3 Å². The summed E-state index contributed by atoms with van der Waals surface area (Å²) in [6.45, 7) is 3.54. The van der Waals surface area contributed by atoms with E-state index in [9.17, 15) is 4.79 Å². The minimum Gasteiger partial charge on any atom is -0.370 e. The van der Waals surface area contributed by atoms with E-state index in [1.807, 2.05) is 54.7 Å². The van der Waals surface area contributed by atoms with E-state index in [4.69, 9.17) is 4.74 Å². The first-order valence-electron chi connectivity index (χ1n) is 11.5. The average Bonchev–Trinajstić information content (AvgIpc) is 3.47. The summed E-state index contributed by atoms with van der Waals surface area (Å²) >= 11 is 0. The second-order valence-corrected chi connectivity index (χ2v) is 8.87. The minimum absolute atomic E-state index is 0.0262. The maximum Gasteiger partial charge on any atom is 0.251 e. The molecule has 1 N–H and O–H groups in total. The van der Waals surface area contributed by atoms with Crippen LogP contribution >= 0.6 is 0 Å². The van der Waals surface area contributed by atoms with E-state index >= 15 is 0 Å². The summed E-state index contributed by atoms with van der Waals surface area (Å²) in [6.07, 6.45) is 8.20. The summed E-state index contributed by atoms with van der Waals surface area (Å²) < 4.78 is 8.66. The number of rotatable bonds is 6. The molecule has 6 heteroatoms. The van der Waals surface area contributed by atoms with Gasteiger partial charge < -0.3 is 14.6 Å². The molecule has 2 saturated heterocycles. The largest absolute Gasteiger partial charge is 0.370 e. The van der Waals surface area contributed by atoms with Crippen LogP contribution in [0.2, 0.25) is 0 Å². The number of carbonyl (C=O) groups excluding carboxylic acids is 1. The molecule has 2 aliphatic rings. The fourth-order valence-corrected chi connectivity index (χ4v) is 4.92. The van der Waals surface area contributed by atoms with Crippen LogP contribution in [-0.2, 0) is 11.3 Å². The SMILES string of the molecule is O=C(NCC1CCC2(CCN(Cc3cccn3-c3ccccn3)CC2)O1)c1ccccc1. The highest BCUT2D eigenvalue weighted by Gasteiger charge is 2.42. The van der Waals surface area contributed by atoms with Crippen molar-refractivity contribution in [3.05, 3.63) is 84.3 Å². The third-order valence-electron chi connectivity index (χ3n) is 6.75. The summed E-state index contributed by atoms with van der Waals surface area (Å²) in [7, 11) is 0. The van der Waals surface area contributed by atoms with E-state index in [2.05, 4.69) is 38.1 Å². The van der Waals surface area contributed by atoms with Crippen LogP contribution in [0.25, 0.3) is 5.82 Å². The van der Waals surface area contributed by atoms with E-state index in [1.165, 1.54) is 5.69 Å². The first kappa shape index (κ1) is 20.9. The molecular weight excluding hydrogens is 400 g/mol. The van der Waals surface area contributed by atoms with Gasteiger partial charge >= 0.3 is 0 Å². The van der Waals surface area contributed by atoms with E-state index in [1.54, 1.807) is 0 Å². The van der Waals surface area contributed by atoms with Crippen LogP contribution in [-0.4, -0.2) is 51.7 Å². The lowest BCUT2D eigenvalue weighted by atomic mass is 9.88. The van der Waals surface area contributed by atoms with Crippen LogP contribution in [0.3, 0.4) is 0 Å². The lowest BCUT2D eigenvalue weighted by Crippen LogP contribution is -2.45. The molecule has 2 aliphatic heterocycles. The van der Waals surface area contributed by atoms with Crippen molar-refractivity contribution in [1.82, 2.24) is 19.8 Å². The van der Waals surface area contributed by atoms with Crippen LogP contribution in [0.1, 0.15) is 41.7 Å². The van der Waals surface area contributed by atoms with Crippen molar-refractivity contribution in [1.29, 1.82) is 0 Å². The molecule has 1 atom stereocenters. The lowest BCUT2D eigenvalue weighted by Gasteiger charge is -2.39. The van der Waals surface area contributed by atoms with E-state index < -0.39 is 0 Å². The van der Waals surface area contributed by atoms with Crippen molar-refractivity contribution in [2.45, 2.75) is 43.9 Å². The molecule has 166 valence electrons. The average molecular weight is 431 g/mol. The van der Waals surface area contributed by atoms with Crippen molar-refractivity contribution in [2.24, 2.45) is 0 Å². The molecule has 5 rings (SSSR count). The van der Waals surface area contributed by atoms with Crippen molar-refractivity contribution in [2.75, 3.05) is 19.6 Å². The summed E-state index contributed by atoms with van der Waals surface area (Å²) in [5.74, 6) is 0.932. The second kappa shape index (κ2) is 9.27. The lowest BCUT2D eigenvalue weighted by molar-refractivity contribution is -0.0766. The Bertz CT molecular complexity index is 1030. The summed E-state index contributed by atoms with van der Waals surface area (Å²) in [5, 5.41) is 3.04. The van der Waals surface area contributed by atoms with Crippen LogP contribution in [0.15, 0.2) is 73.1 Å². The Kier molecular flexibility index (Phi) is 6.06. The van der Waals surface area contributed by atoms with E-state index in [0.29, 0.717) is 12.1 Å². The molecule has 0 saturated carbocycles. The van der Waals surface area contributed by atoms with Gasteiger partial charge in [0, 0.05) is 49.8 Å². The van der Waals surface area contributed by atoms with Gasteiger partial charge in [-0.05, 0) is 62.1 Å². The number of hydrogen-bond donors (Lipinski definition) is 1. The van der Waals surface area contributed by atoms with Gasteiger partial charge in [-0.3, -0.25) is 9.69 Å². The fourth-order valence-electron chi connectivity index (χ4n) is 4.92. The van der Waals surface area contributed by atoms with Gasteiger partial charge in [-0.25, -0.2) is 4.98 Å². The Hall–Kier alpha value is -2.96. The highest BCUT2D eigenvalue weighted by molar-refractivity contribution is 5.94. The van der Waals surface area contributed by atoms with Gasteiger partial charge in [0.2, 0.25) is 0 Å². The monoisotopic (exact) mass is 430 g/mol. The highest BCUT2D eigenvalue weighted by Crippen LogP contribution is 2.39. The summed E-state index contributed by atoms with van der Waals surface area (Å²) in [6, 6.07) is 19.6. The molecular formula is C26H30N4O2. The fraction of sp³-hybridized carbons (Fsp3) is 0.385. The summed E-state index contributed by atoms with van der Waals surface area (Å²) in [5.41, 5.74) is 1.93. The maximum atomic E-state index is 12.3. The van der Waals surface area contributed by atoms with Gasteiger partial charge in [-0.15, -0.1) is 0 Å². The molecule has 0 radical (unpaired) electrons. The highest BCUT2D eigenvalue weighted by atomic mass is 16.5. The van der Waals surface area contributed by atoms with E-state index in [0.717, 1.165) is 51.1 Å². The van der Waals surface area contributed by atoms with Crippen molar-refractivity contribution in [3.8, 4) is 5.82 Å². The molecule has 1 aromatic carbocycles. The Morgan fingerprint density at radius 1 is 1.03 bits per heavy atom. The maximum absolute atomic E-state index is 12.3. The number of ether oxygens (including phenoxy) is 1. The molecule has 6 nitrogen and oxygen atoms in total. The normalized spacial score (nSPS) is 20.4. The number of hydrogen-bond acceptors (Lipinski definition) is 4. The molecule has 0 aliphatic carbocycles. The zero-order valence-electron chi connectivity index (χ0n) is 18.3. The Balaban J connectivity index is 1.12. The van der Waals surface area contributed by atoms with Crippen molar-refractivity contribution >= 4 is 5.91 Å². The number of carbonyl (C=O) groups is 1. The van der Waals surface area contributed by atoms with Crippen LogP contribution in [0.5, 0.6) is 0 Å². The predicted octanol–water partition coefficient (Wildman–Crippen LogP) is 3.82. The zero-order valence-corrected chi connectivity index (χ0v) is 18.3. The zero-order chi connectivity index (χ0) is 21.8. The number of amides is 1. The van der Waals surface area contributed by atoms with Gasteiger partial charge in [0.15, 0.2) is 0 Å². The number of likely N-dealkylation sites (tertiary alicyclic amines) is 1. The van der Waals surface area contributed by atoms with Crippen LogP contribution in [0, 0.1) is 0 Å². The number of pyridine rings is 1. The van der Waals surface area contributed by atoms with Gasteiger partial charge in [0.05, 0.1) is 11.7 Å². The standard InChI is InChI=1S/C26H30N4O2/c31-25(21-7-2-1-3-8-21)28-19-23-11-12-26(32-23)13-17-29(18-14-26)20-22-9-6-16-30(22)24-10-4-5-15-27-24/h1-10,15-16,23H,11-14,17-20H2,(H,28,31). The Morgan fingerprint density at radius 2 is 1.84 bits per heavy atom. The molecule has 1 amide bonds. The van der Waals surface area contributed by atoms with Crippen molar-refractivity contribution in [3.63, 3.8) is 0 Å². The molecule has 2 fully saturated rings. The molecule has 3 aromatic rings.